The first-order chi connectivity index (χ1) is 14.4. The summed E-state index contributed by atoms with van der Waals surface area (Å²) in [6.45, 7) is 0. The van der Waals surface area contributed by atoms with Gasteiger partial charge in [0.15, 0.2) is 0 Å². The van der Waals surface area contributed by atoms with Gasteiger partial charge in [-0.15, -0.1) is 0 Å². The van der Waals surface area contributed by atoms with Crippen LogP contribution in [0, 0.1) is 0 Å². The molecule has 1 aliphatic rings. The van der Waals surface area contributed by atoms with Crippen LogP contribution in [0.15, 0.2) is 125 Å². The lowest BCUT2D eigenvalue weighted by Crippen LogP contribution is -2.30. The summed E-state index contributed by atoms with van der Waals surface area (Å²) in [6.07, 6.45) is 0. The molecular formula is C26H19N3. The van der Waals surface area contributed by atoms with E-state index in [-0.39, 0.29) is 0 Å². The molecule has 0 radical (unpaired) electrons. The Bertz CT molecular complexity index is 1100. The smallest absolute Gasteiger partial charge is 0.147 e. The average Bonchev–Trinajstić information content (AvgIpc) is 3.09. The zero-order valence-electron chi connectivity index (χ0n) is 15.8. The number of para-hydroxylation sites is 3. The maximum Gasteiger partial charge on any atom is 0.147 e. The van der Waals surface area contributed by atoms with E-state index in [9.17, 15) is 0 Å². The normalized spacial score (nSPS) is 15.7. The fourth-order valence-corrected chi connectivity index (χ4v) is 3.51. The Kier molecular flexibility index (Phi) is 4.47. The second-order valence-corrected chi connectivity index (χ2v) is 6.76. The number of nitrogens with zero attached hydrogens (tertiary/aromatic N) is 3. The van der Waals surface area contributed by atoms with Crippen LogP contribution < -0.4 is 4.90 Å². The first-order valence-corrected chi connectivity index (χ1v) is 9.62. The molecule has 4 aromatic rings. The van der Waals surface area contributed by atoms with Crippen LogP contribution in [0.3, 0.4) is 0 Å². The minimum Gasteiger partial charge on any atom is -0.278 e. The molecule has 29 heavy (non-hydrogen) atoms. The van der Waals surface area contributed by atoms with Gasteiger partial charge in [-0.3, -0.25) is 4.90 Å². The lowest BCUT2D eigenvalue weighted by Gasteiger charge is -2.20. The zero-order valence-corrected chi connectivity index (χ0v) is 15.8. The maximum absolute atomic E-state index is 5.01. The van der Waals surface area contributed by atoms with E-state index in [2.05, 4.69) is 29.2 Å². The summed E-state index contributed by atoms with van der Waals surface area (Å²) >= 11 is 0. The molecule has 0 amide bonds. The van der Waals surface area contributed by atoms with E-state index in [4.69, 9.17) is 9.98 Å². The van der Waals surface area contributed by atoms with Crippen molar-refractivity contribution < 1.29 is 0 Å². The van der Waals surface area contributed by atoms with Crippen LogP contribution in [0.1, 0.15) is 11.1 Å². The summed E-state index contributed by atoms with van der Waals surface area (Å²) in [7, 11) is 0. The van der Waals surface area contributed by atoms with Crippen molar-refractivity contribution >= 4 is 28.7 Å². The van der Waals surface area contributed by atoms with Crippen molar-refractivity contribution in [2.45, 2.75) is 0 Å². The Hall–Kier alpha value is -3.98. The largest absolute Gasteiger partial charge is 0.278 e. The number of aliphatic imine (C=N–C) groups is 2. The number of rotatable bonds is 3. The van der Waals surface area contributed by atoms with Gasteiger partial charge >= 0.3 is 0 Å². The Labute approximate surface area is 170 Å². The third-order valence-corrected chi connectivity index (χ3v) is 4.83. The van der Waals surface area contributed by atoms with E-state index in [1.54, 1.807) is 0 Å². The van der Waals surface area contributed by atoms with Crippen molar-refractivity contribution in [2.75, 3.05) is 4.90 Å². The highest BCUT2D eigenvalue weighted by Gasteiger charge is 2.33. The molecule has 3 nitrogen and oxygen atoms in total. The quantitative estimate of drug-likeness (QED) is 0.410. The van der Waals surface area contributed by atoms with Crippen molar-refractivity contribution in [3.05, 3.63) is 126 Å². The molecule has 0 N–H and O–H groups in total. The summed E-state index contributed by atoms with van der Waals surface area (Å²) < 4.78 is 0. The molecule has 3 heteroatoms. The van der Waals surface area contributed by atoms with Crippen molar-refractivity contribution in [1.82, 2.24) is 0 Å². The van der Waals surface area contributed by atoms with Gasteiger partial charge in [-0.05, 0) is 36.4 Å². The number of fused-ring (bicyclic) bond motifs is 1. The van der Waals surface area contributed by atoms with Gasteiger partial charge in [0, 0.05) is 16.8 Å². The highest BCUT2D eigenvalue weighted by atomic mass is 15.3. The molecular weight excluding hydrogens is 354 g/mol. The molecule has 4 aromatic carbocycles. The minimum absolute atomic E-state index is 0.882. The Balaban J connectivity index is 1.76. The topological polar surface area (TPSA) is 28.0 Å². The fourth-order valence-electron chi connectivity index (χ4n) is 3.51. The van der Waals surface area contributed by atoms with E-state index in [1.165, 1.54) is 0 Å². The number of amidine groups is 2. The van der Waals surface area contributed by atoms with Crippen molar-refractivity contribution in [2.24, 2.45) is 9.98 Å². The van der Waals surface area contributed by atoms with Crippen LogP contribution in [-0.4, -0.2) is 11.7 Å². The molecule has 0 bridgehead atoms. The number of anilines is 1. The van der Waals surface area contributed by atoms with Crippen LogP contribution in [0.5, 0.6) is 0 Å². The first-order valence-electron chi connectivity index (χ1n) is 9.62. The second-order valence-electron chi connectivity index (χ2n) is 6.76. The lowest BCUT2D eigenvalue weighted by molar-refractivity contribution is 1.37. The molecule has 1 aliphatic heterocycles. The van der Waals surface area contributed by atoms with Gasteiger partial charge in [0.25, 0.3) is 0 Å². The predicted octanol–water partition coefficient (Wildman–Crippen LogP) is 6.36. The zero-order chi connectivity index (χ0) is 19.5. The minimum atomic E-state index is 0.882. The van der Waals surface area contributed by atoms with E-state index < -0.39 is 0 Å². The Morgan fingerprint density at radius 3 is 1.24 bits per heavy atom. The molecule has 0 saturated carbocycles. The van der Waals surface area contributed by atoms with Crippen molar-refractivity contribution in [3.63, 3.8) is 0 Å². The molecule has 138 valence electrons. The summed E-state index contributed by atoms with van der Waals surface area (Å²) in [4.78, 5) is 12.2. The molecule has 0 fully saturated rings. The molecule has 1 heterocycles. The standard InChI is InChI=1S/C26H19N3/c1-4-12-20(13-5-1)27-25-23-18-10-11-19-24(23)26(28-21-14-6-2-7-15-21)29(25)22-16-8-3-9-17-22/h1-19H. The van der Waals surface area contributed by atoms with Gasteiger partial charge in [0.1, 0.15) is 11.7 Å². The van der Waals surface area contributed by atoms with Crippen LogP contribution in [0.4, 0.5) is 17.1 Å². The van der Waals surface area contributed by atoms with Gasteiger partial charge in [-0.2, -0.15) is 0 Å². The van der Waals surface area contributed by atoms with Gasteiger partial charge in [0.2, 0.25) is 0 Å². The highest BCUT2D eigenvalue weighted by molar-refractivity contribution is 6.38. The predicted molar refractivity (Wildman–Crippen MR) is 121 cm³/mol. The van der Waals surface area contributed by atoms with Crippen molar-refractivity contribution in [3.8, 4) is 0 Å². The molecule has 0 aromatic heterocycles. The Morgan fingerprint density at radius 2 is 0.793 bits per heavy atom. The lowest BCUT2D eigenvalue weighted by atomic mass is 10.1. The number of benzene rings is 4. The third kappa shape index (κ3) is 3.34. The summed E-state index contributed by atoms with van der Waals surface area (Å²) in [5.41, 5.74) is 5.02. The van der Waals surface area contributed by atoms with E-state index in [0.29, 0.717) is 0 Å². The van der Waals surface area contributed by atoms with Gasteiger partial charge in [-0.25, -0.2) is 9.98 Å². The number of hydrogen-bond donors (Lipinski definition) is 0. The average molecular weight is 373 g/mol. The number of hydrogen-bond acceptors (Lipinski definition) is 2. The third-order valence-electron chi connectivity index (χ3n) is 4.83. The van der Waals surface area contributed by atoms with E-state index in [0.717, 1.165) is 39.9 Å². The maximum atomic E-state index is 5.01. The van der Waals surface area contributed by atoms with E-state index in [1.807, 2.05) is 91.0 Å². The molecule has 5 rings (SSSR count). The second kappa shape index (κ2) is 7.56. The Morgan fingerprint density at radius 1 is 0.414 bits per heavy atom. The van der Waals surface area contributed by atoms with Crippen LogP contribution >= 0.6 is 0 Å². The van der Waals surface area contributed by atoms with Gasteiger partial charge in [-0.1, -0.05) is 78.9 Å². The first kappa shape index (κ1) is 17.1. The monoisotopic (exact) mass is 373 g/mol. The fraction of sp³-hybridized carbons (Fsp3) is 0. The summed E-state index contributed by atoms with van der Waals surface area (Å²) in [5.74, 6) is 1.76. The summed E-state index contributed by atoms with van der Waals surface area (Å²) in [6, 6.07) is 38.7. The molecule has 0 spiro atoms. The molecule has 0 aliphatic carbocycles. The van der Waals surface area contributed by atoms with Gasteiger partial charge in [0.05, 0.1) is 11.4 Å². The van der Waals surface area contributed by atoms with Gasteiger partial charge < -0.3 is 0 Å². The van der Waals surface area contributed by atoms with Crippen LogP contribution in [0.25, 0.3) is 0 Å². The highest BCUT2D eigenvalue weighted by Crippen LogP contribution is 2.32. The molecule has 0 saturated heterocycles. The SMILES string of the molecule is c1ccc(N=C2c3ccccc3C(=Nc3ccccc3)N2c2ccccc2)cc1. The van der Waals surface area contributed by atoms with Crippen LogP contribution in [0.2, 0.25) is 0 Å². The summed E-state index contributed by atoms with van der Waals surface area (Å²) in [5, 5.41) is 0. The van der Waals surface area contributed by atoms with E-state index >= 15 is 0 Å². The van der Waals surface area contributed by atoms with Crippen molar-refractivity contribution in [1.29, 1.82) is 0 Å². The molecule has 0 unspecified atom stereocenters. The molecule has 0 atom stereocenters. The van der Waals surface area contributed by atoms with Crippen LogP contribution in [-0.2, 0) is 0 Å².